The molecule has 2 saturated carbocycles. The van der Waals surface area contributed by atoms with Crippen LogP contribution in [0.3, 0.4) is 0 Å². The van der Waals surface area contributed by atoms with E-state index in [1.807, 2.05) is 18.2 Å². The van der Waals surface area contributed by atoms with Gasteiger partial charge in [0.15, 0.2) is 0 Å². The van der Waals surface area contributed by atoms with E-state index in [0.29, 0.717) is 36.9 Å². The molecule has 0 radical (unpaired) electrons. The number of amides is 3. The van der Waals surface area contributed by atoms with Crippen molar-refractivity contribution < 1.29 is 19.1 Å². The van der Waals surface area contributed by atoms with Gasteiger partial charge in [-0.1, -0.05) is 30.3 Å². The van der Waals surface area contributed by atoms with Gasteiger partial charge < -0.3 is 9.64 Å². The van der Waals surface area contributed by atoms with Crippen LogP contribution in [0.2, 0.25) is 0 Å². The summed E-state index contributed by atoms with van der Waals surface area (Å²) in [7, 11) is 0. The minimum Gasteiger partial charge on any atom is -0.489 e. The highest BCUT2D eigenvalue weighted by Crippen LogP contribution is 2.49. The number of piperidine rings is 2. The Balaban J connectivity index is 1.03. The lowest BCUT2D eigenvalue weighted by Gasteiger charge is -2.53. The van der Waals surface area contributed by atoms with E-state index in [1.165, 1.54) is 5.56 Å². The zero-order valence-electron chi connectivity index (χ0n) is 19.6. The molecule has 8 rings (SSSR count). The topological polar surface area (TPSA) is 79.0 Å². The van der Waals surface area contributed by atoms with Crippen LogP contribution in [0.25, 0.3) is 0 Å². The first-order valence-electron chi connectivity index (χ1n) is 12.8. The van der Waals surface area contributed by atoms with Crippen molar-refractivity contribution in [1.29, 1.82) is 0 Å². The maximum Gasteiger partial charge on any atom is 0.255 e. The highest BCUT2D eigenvalue weighted by molar-refractivity contribution is 6.10. The van der Waals surface area contributed by atoms with Crippen molar-refractivity contribution in [3.8, 4) is 5.75 Å². The molecule has 7 heteroatoms. The molecule has 3 amide bonds. The van der Waals surface area contributed by atoms with Crippen molar-refractivity contribution in [2.45, 2.75) is 62.3 Å². The minimum atomic E-state index is -0.876. The van der Waals surface area contributed by atoms with E-state index in [0.717, 1.165) is 43.7 Å². The van der Waals surface area contributed by atoms with Crippen LogP contribution in [-0.4, -0.2) is 58.3 Å². The van der Waals surface area contributed by atoms with Gasteiger partial charge in [0.2, 0.25) is 5.91 Å². The number of likely N-dealkylation sites (tertiary alicyclic amines) is 1. The highest BCUT2D eigenvalue weighted by Gasteiger charge is 2.63. The molecule has 180 valence electrons. The monoisotopic (exact) mass is 471 g/mol. The Labute approximate surface area is 204 Å². The third-order valence-electron chi connectivity index (χ3n) is 8.95. The van der Waals surface area contributed by atoms with Gasteiger partial charge in [-0.2, -0.15) is 0 Å². The standard InChI is InChI=1S/C28H29N3O4/c32-25-19-12-28(13-19,27(34)29-25)31-16-18-11-21(9-10-22(18)26(31)33)35-24-8-4-7-23(24)30-14-20(15-30)17-5-2-1-3-6-17/h1-3,5-6,9-11,19-20,23-24H,4,7-8,12-16H2,(H,29,32,34)/t19?,23-,24-,28?/m1/s1. The fourth-order valence-corrected chi connectivity index (χ4v) is 6.87. The average molecular weight is 472 g/mol. The van der Waals surface area contributed by atoms with Crippen LogP contribution in [0.5, 0.6) is 5.75 Å². The molecular formula is C28H29N3O4. The van der Waals surface area contributed by atoms with Crippen molar-refractivity contribution in [1.82, 2.24) is 15.1 Å². The number of hydrogen-bond donors (Lipinski definition) is 1. The summed E-state index contributed by atoms with van der Waals surface area (Å²) in [4.78, 5) is 41.9. The van der Waals surface area contributed by atoms with Crippen molar-refractivity contribution >= 4 is 17.7 Å². The van der Waals surface area contributed by atoms with E-state index in [2.05, 4.69) is 40.5 Å². The van der Waals surface area contributed by atoms with Crippen LogP contribution in [-0.2, 0) is 16.1 Å². The van der Waals surface area contributed by atoms with Gasteiger partial charge in [0.1, 0.15) is 17.4 Å². The maximum atomic E-state index is 13.2. The lowest BCUT2D eigenvalue weighted by Crippen LogP contribution is -2.73. The molecule has 2 aromatic rings. The molecule has 2 aliphatic carbocycles. The first kappa shape index (κ1) is 21.1. The van der Waals surface area contributed by atoms with Gasteiger partial charge in [0.25, 0.3) is 11.8 Å². The number of rotatable bonds is 5. The molecule has 2 bridgehead atoms. The molecule has 3 saturated heterocycles. The number of ether oxygens (including phenoxy) is 1. The second kappa shape index (κ2) is 7.65. The van der Waals surface area contributed by atoms with Crippen LogP contribution >= 0.6 is 0 Å². The summed E-state index contributed by atoms with van der Waals surface area (Å²) in [6, 6.07) is 16.9. The van der Waals surface area contributed by atoms with E-state index in [4.69, 9.17) is 4.74 Å². The zero-order chi connectivity index (χ0) is 23.7. The Kier molecular flexibility index (Phi) is 4.62. The number of carbonyl (C=O) groups excluding carboxylic acids is 3. The third kappa shape index (κ3) is 3.17. The molecule has 2 aromatic carbocycles. The molecule has 7 nitrogen and oxygen atoms in total. The Morgan fingerprint density at radius 1 is 0.943 bits per heavy atom. The van der Waals surface area contributed by atoms with Gasteiger partial charge >= 0.3 is 0 Å². The van der Waals surface area contributed by atoms with Gasteiger partial charge in [0.05, 0.1) is 0 Å². The van der Waals surface area contributed by atoms with Crippen LogP contribution in [0.15, 0.2) is 48.5 Å². The zero-order valence-corrected chi connectivity index (χ0v) is 19.6. The Morgan fingerprint density at radius 3 is 2.51 bits per heavy atom. The minimum absolute atomic E-state index is 0.124. The molecule has 5 fully saturated rings. The van der Waals surface area contributed by atoms with Crippen LogP contribution in [0, 0.1) is 5.92 Å². The summed E-state index contributed by atoms with van der Waals surface area (Å²) in [5.74, 6) is 0.570. The molecule has 4 aliphatic heterocycles. The van der Waals surface area contributed by atoms with Gasteiger partial charge in [0, 0.05) is 43.1 Å². The van der Waals surface area contributed by atoms with Gasteiger partial charge in [-0.05, 0) is 61.4 Å². The number of hydrogen-bond acceptors (Lipinski definition) is 5. The quantitative estimate of drug-likeness (QED) is 0.679. The van der Waals surface area contributed by atoms with Crippen molar-refractivity contribution in [3.63, 3.8) is 0 Å². The third-order valence-corrected chi connectivity index (χ3v) is 8.95. The molecule has 0 unspecified atom stereocenters. The molecule has 6 aliphatic rings. The van der Waals surface area contributed by atoms with Crippen molar-refractivity contribution in [2.75, 3.05) is 13.1 Å². The summed E-state index contributed by atoms with van der Waals surface area (Å²) >= 11 is 0. The first-order valence-corrected chi connectivity index (χ1v) is 12.8. The SMILES string of the molecule is O=C1NC(=O)C2(N3Cc4cc(O[C@@H]5CCC[C@H]5N5CC(c6ccccc6)C5)ccc4C3=O)CC1C2. The van der Waals surface area contributed by atoms with E-state index < -0.39 is 5.54 Å². The average Bonchev–Trinajstić information content (AvgIpc) is 3.37. The molecule has 2 atom stereocenters. The molecule has 0 aromatic heterocycles. The predicted molar refractivity (Wildman–Crippen MR) is 128 cm³/mol. The van der Waals surface area contributed by atoms with E-state index in [-0.39, 0.29) is 29.7 Å². The van der Waals surface area contributed by atoms with Crippen molar-refractivity contribution in [3.05, 3.63) is 65.2 Å². The molecule has 0 spiro atoms. The predicted octanol–water partition coefficient (Wildman–Crippen LogP) is 2.85. The summed E-state index contributed by atoms with van der Waals surface area (Å²) in [6.07, 6.45) is 4.38. The fourth-order valence-electron chi connectivity index (χ4n) is 6.87. The van der Waals surface area contributed by atoms with E-state index in [1.54, 1.807) is 4.90 Å². The Bertz CT molecular complexity index is 1220. The summed E-state index contributed by atoms with van der Waals surface area (Å²) in [5, 5.41) is 2.44. The van der Waals surface area contributed by atoms with Gasteiger partial charge in [-0.15, -0.1) is 0 Å². The number of imide groups is 1. The number of nitrogens with zero attached hydrogens (tertiary/aromatic N) is 2. The van der Waals surface area contributed by atoms with Crippen molar-refractivity contribution in [2.24, 2.45) is 5.92 Å². The fraction of sp³-hybridized carbons (Fsp3) is 0.464. The molecule has 4 heterocycles. The molecule has 35 heavy (non-hydrogen) atoms. The number of carbonyl (C=O) groups is 3. The first-order chi connectivity index (χ1) is 17.0. The van der Waals surface area contributed by atoms with Gasteiger partial charge in [-0.25, -0.2) is 0 Å². The summed E-state index contributed by atoms with van der Waals surface area (Å²) in [6.45, 7) is 2.55. The Hall–Kier alpha value is -3.19. The second-order valence-corrected chi connectivity index (χ2v) is 10.9. The number of benzene rings is 2. The van der Waals surface area contributed by atoms with E-state index >= 15 is 0 Å². The van der Waals surface area contributed by atoms with Crippen LogP contribution in [0.1, 0.15) is 59.5 Å². The lowest BCUT2D eigenvalue weighted by molar-refractivity contribution is -0.160. The molecular weight excluding hydrogens is 442 g/mol. The molecule has 1 N–H and O–H groups in total. The smallest absolute Gasteiger partial charge is 0.255 e. The lowest BCUT2D eigenvalue weighted by atomic mass is 9.63. The van der Waals surface area contributed by atoms with Gasteiger partial charge in [-0.3, -0.25) is 24.6 Å². The Morgan fingerprint density at radius 2 is 1.74 bits per heavy atom. The highest BCUT2D eigenvalue weighted by atomic mass is 16.5. The second-order valence-electron chi connectivity index (χ2n) is 10.9. The number of fused-ring (bicyclic) bond motifs is 3. The maximum absolute atomic E-state index is 13.2. The normalized spacial score (nSPS) is 32.2. The van der Waals surface area contributed by atoms with Crippen LogP contribution < -0.4 is 10.1 Å². The summed E-state index contributed by atoms with van der Waals surface area (Å²) < 4.78 is 6.50. The number of nitrogens with one attached hydrogen (secondary N) is 1. The van der Waals surface area contributed by atoms with Crippen LogP contribution in [0.4, 0.5) is 0 Å². The summed E-state index contributed by atoms with van der Waals surface area (Å²) in [5.41, 5.74) is 2.08. The largest absolute Gasteiger partial charge is 0.489 e. The van der Waals surface area contributed by atoms with E-state index in [9.17, 15) is 14.4 Å².